The summed E-state index contributed by atoms with van der Waals surface area (Å²) >= 11 is 3.11. The summed E-state index contributed by atoms with van der Waals surface area (Å²) in [7, 11) is 1.47. The molecule has 0 spiro atoms. The quantitative estimate of drug-likeness (QED) is 0.893. The fraction of sp³-hybridized carbons (Fsp3) is 0.364. The molecule has 0 radical (unpaired) electrons. The van der Waals surface area contributed by atoms with Crippen LogP contribution in [0.2, 0.25) is 0 Å². The Hall–Kier alpha value is -1.24. The van der Waals surface area contributed by atoms with Gasteiger partial charge in [-0.05, 0) is 18.2 Å². The summed E-state index contributed by atoms with van der Waals surface area (Å²) in [5, 5.41) is 5.01. The molecule has 1 amide bonds. The van der Waals surface area contributed by atoms with E-state index in [-0.39, 0.29) is 24.6 Å². The molecule has 2 N–H and O–H groups in total. The van der Waals surface area contributed by atoms with Gasteiger partial charge in [-0.1, -0.05) is 15.9 Å². The largest absolute Gasteiger partial charge is 0.418 e. The lowest BCUT2D eigenvalue weighted by molar-refractivity contribution is -0.137. The second kappa shape index (κ2) is 6.08. The van der Waals surface area contributed by atoms with E-state index in [9.17, 15) is 18.0 Å². The van der Waals surface area contributed by atoms with Crippen LogP contribution in [-0.2, 0) is 11.0 Å². The number of nitrogens with one attached hydrogen (secondary N) is 2. The van der Waals surface area contributed by atoms with Crippen LogP contribution in [0, 0.1) is 0 Å². The number of rotatable bonds is 4. The molecule has 0 saturated heterocycles. The molecule has 1 aromatic rings. The summed E-state index contributed by atoms with van der Waals surface area (Å²) in [6, 6.07) is 3.66. The van der Waals surface area contributed by atoms with Gasteiger partial charge in [0.25, 0.3) is 0 Å². The van der Waals surface area contributed by atoms with Gasteiger partial charge in [-0.25, -0.2) is 0 Å². The topological polar surface area (TPSA) is 41.1 Å². The lowest BCUT2D eigenvalue weighted by atomic mass is 10.1. The fourth-order valence-electron chi connectivity index (χ4n) is 1.35. The number of anilines is 1. The number of halogens is 4. The molecule has 100 valence electrons. The number of carbonyl (C=O) groups is 1. The van der Waals surface area contributed by atoms with Crippen molar-refractivity contribution < 1.29 is 18.0 Å². The van der Waals surface area contributed by atoms with Gasteiger partial charge in [0.15, 0.2) is 0 Å². The van der Waals surface area contributed by atoms with Gasteiger partial charge in [-0.15, -0.1) is 0 Å². The zero-order chi connectivity index (χ0) is 13.8. The minimum absolute atomic E-state index is 0.0409. The van der Waals surface area contributed by atoms with Crippen molar-refractivity contribution in [2.24, 2.45) is 0 Å². The molecule has 0 atom stereocenters. The summed E-state index contributed by atoms with van der Waals surface area (Å²) in [5.74, 6) is -0.231. The Kier molecular flexibility index (Phi) is 5.01. The maximum atomic E-state index is 12.7. The molecule has 18 heavy (non-hydrogen) atoms. The lowest BCUT2D eigenvalue weighted by Gasteiger charge is -2.14. The lowest BCUT2D eigenvalue weighted by Crippen LogP contribution is -2.21. The second-order valence-electron chi connectivity index (χ2n) is 3.54. The predicted octanol–water partition coefficient (Wildman–Crippen LogP) is 3.02. The van der Waals surface area contributed by atoms with Gasteiger partial charge in [-0.2, -0.15) is 13.2 Å². The normalized spacial score (nSPS) is 11.2. The van der Waals surface area contributed by atoms with Crippen molar-refractivity contribution in [1.82, 2.24) is 5.32 Å². The Balaban J connectivity index is 2.80. The molecule has 3 nitrogen and oxygen atoms in total. The summed E-state index contributed by atoms with van der Waals surface area (Å²) in [6.07, 6.45) is -4.31. The SMILES string of the molecule is CNC(=O)CCNc1cc(Br)ccc1C(F)(F)F. The maximum Gasteiger partial charge on any atom is 0.418 e. The van der Waals surface area contributed by atoms with Crippen molar-refractivity contribution in [2.75, 3.05) is 18.9 Å². The summed E-state index contributed by atoms with van der Waals surface area (Å²) in [4.78, 5) is 11.0. The van der Waals surface area contributed by atoms with Gasteiger partial charge in [0.05, 0.1) is 5.56 Å². The van der Waals surface area contributed by atoms with Crippen molar-refractivity contribution >= 4 is 27.5 Å². The highest BCUT2D eigenvalue weighted by atomic mass is 79.9. The molecule has 0 heterocycles. The van der Waals surface area contributed by atoms with E-state index >= 15 is 0 Å². The van der Waals surface area contributed by atoms with Crippen LogP contribution in [0.4, 0.5) is 18.9 Å². The first-order chi connectivity index (χ1) is 8.34. The van der Waals surface area contributed by atoms with Gasteiger partial charge in [0, 0.05) is 30.2 Å². The molecule has 7 heteroatoms. The molecule has 0 fully saturated rings. The minimum atomic E-state index is -4.42. The predicted molar refractivity (Wildman–Crippen MR) is 66.3 cm³/mol. The van der Waals surface area contributed by atoms with Gasteiger partial charge >= 0.3 is 6.18 Å². The smallest absolute Gasteiger partial charge is 0.384 e. The van der Waals surface area contributed by atoms with Crippen LogP contribution in [0.1, 0.15) is 12.0 Å². The number of benzene rings is 1. The van der Waals surface area contributed by atoms with E-state index in [1.165, 1.54) is 19.2 Å². The van der Waals surface area contributed by atoms with Crippen LogP contribution >= 0.6 is 15.9 Å². The Morgan fingerprint density at radius 3 is 2.61 bits per heavy atom. The molecular weight excluding hydrogens is 313 g/mol. The molecule has 1 rings (SSSR count). The highest BCUT2D eigenvalue weighted by molar-refractivity contribution is 9.10. The van der Waals surface area contributed by atoms with E-state index in [0.29, 0.717) is 4.47 Å². The molecule has 0 bridgehead atoms. The first kappa shape index (κ1) is 14.8. The van der Waals surface area contributed by atoms with Gasteiger partial charge < -0.3 is 10.6 Å². The maximum absolute atomic E-state index is 12.7. The first-order valence-electron chi connectivity index (χ1n) is 5.16. The van der Waals surface area contributed by atoms with E-state index in [0.717, 1.165) is 6.07 Å². The molecule has 0 aliphatic carbocycles. The average molecular weight is 325 g/mol. The van der Waals surface area contributed by atoms with E-state index in [4.69, 9.17) is 0 Å². The van der Waals surface area contributed by atoms with Gasteiger partial charge in [0.1, 0.15) is 0 Å². The van der Waals surface area contributed by atoms with Crippen LogP contribution in [0.3, 0.4) is 0 Å². The van der Waals surface area contributed by atoms with Crippen molar-refractivity contribution in [3.63, 3.8) is 0 Å². The standard InChI is InChI=1S/C11H12BrF3N2O/c1-16-10(18)4-5-17-9-6-7(12)2-3-8(9)11(13,14)15/h2-3,6,17H,4-5H2,1H3,(H,16,18). The molecule has 0 saturated carbocycles. The number of alkyl halides is 3. The monoisotopic (exact) mass is 324 g/mol. The highest BCUT2D eigenvalue weighted by Crippen LogP contribution is 2.36. The molecule has 0 aliphatic rings. The molecule has 0 aliphatic heterocycles. The van der Waals surface area contributed by atoms with E-state index in [1.807, 2.05) is 0 Å². The van der Waals surface area contributed by atoms with Gasteiger partial charge in [0.2, 0.25) is 5.91 Å². The zero-order valence-electron chi connectivity index (χ0n) is 9.57. The van der Waals surface area contributed by atoms with Crippen LogP contribution in [0.25, 0.3) is 0 Å². The van der Waals surface area contributed by atoms with Crippen LogP contribution in [-0.4, -0.2) is 19.5 Å². The van der Waals surface area contributed by atoms with Crippen LogP contribution in [0.5, 0.6) is 0 Å². The van der Waals surface area contributed by atoms with E-state index < -0.39 is 11.7 Å². The average Bonchev–Trinajstić information content (AvgIpc) is 2.27. The summed E-state index contributed by atoms with van der Waals surface area (Å²) in [6.45, 7) is 0.138. The Morgan fingerprint density at radius 2 is 2.06 bits per heavy atom. The zero-order valence-corrected chi connectivity index (χ0v) is 11.2. The van der Waals surface area contributed by atoms with Gasteiger partial charge in [-0.3, -0.25) is 4.79 Å². The summed E-state index contributed by atoms with van der Waals surface area (Å²) in [5.41, 5.74) is -0.789. The van der Waals surface area contributed by atoms with Crippen molar-refractivity contribution in [1.29, 1.82) is 0 Å². The third-order valence-corrected chi connectivity index (χ3v) is 2.73. The third kappa shape index (κ3) is 4.21. The highest BCUT2D eigenvalue weighted by Gasteiger charge is 2.33. The first-order valence-corrected chi connectivity index (χ1v) is 5.95. The number of hydrogen-bond acceptors (Lipinski definition) is 2. The molecule has 0 aromatic heterocycles. The number of amides is 1. The molecular formula is C11H12BrF3N2O. The van der Waals surface area contributed by atoms with E-state index in [2.05, 4.69) is 26.6 Å². The molecule has 0 unspecified atom stereocenters. The molecule has 1 aromatic carbocycles. The Labute approximate surface area is 111 Å². The fourth-order valence-corrected chi connectivity index (χ4v) is 1.71. The van der Waals surface area contributed by atoms with Crippen LogP contribution < -0.4 is 10.6 Å². The second-order valence-corrected chi connectivity index (χ2v) is 4.45. The van der Waals surface area contributed by atoms with Crippen LogP contribution in [0.15, 0.2) is 22.7 Å². The Morgan fingerprint density at radius 1 is 1.39 bits per heavy atom. The summed E-state index contributed by atoms with van der Waals surface area (Å²) < 4.78 is 38.6. The van der Waals surface area contributed by atoms with Crippen molar-refractivity contribution in [2.45, 2.75) is 12.6 Å². The van der Waals surface area contributed by atoms with Crippen molar-refractivity contribution in [3.8, 4) is 0 Å². The number of carbonyl (C=O) groups excluding carboxylic acids is 1. The van der Waals surface area contributed by atoms with E-state index in [1.54, 1.807) is 0 Å². The van der Waals surface area contributed by atoms with Crippen molar-refractivity contribution in [3.05, 3.63) is 28.2 Å². The number of hydrogen-bond donors (Lipinski definition) is 2. The minimum Gasteiger partial charge on any atom is -0.384 e. The third-order valence-electron chi connectivity index (χ3n) is 2.23. The Bertz CT molecular complexity index is 435.